The van der Waals surface area contributed by atoms with Gasteiger partial charge in [0.25, 0.3) is 5.69 Å². The maximum absolute atomic E-state index is 11.0. The van der Waals surface area contributed by atoms with Crippen LogP contribution in [0.3, 0.4) is 0 Å². The number of hydrogen-bond acceptors (Lipinski definition) is 4. The van der Waals surface area contributed by atoms with Crippen LogP contribution in [0, 0.1) is 10.1 Å². The standard InChI is InChI=1S/C17H26N2O3.ClH/c1-2-22-17-11-10-16(19(20)21)12-14(17)13-18-15-8-6-4-3-5-7-9-15;/h10-12,15,18H,2-9,13H2,1H3;1H/p-1. The molecule has 1 aliphatic rings. The van der Waals surface area contributed by atoms with Crippen LogP contribution in [0.4, 0.5) is 5.69 Å². The summed E-state index contributed by atoms with van der Waals surface area (Å²) in [6.45, 7) is 3.11. The molecule has 0 amide bonds. The topological polar surface area (TPSA) is 64.4 Å². The Morgan fingerprint density at radius 1 is 1.22 bits per heavy atom. The molecule has 0 aromatic heterocycles. The Bertz CT molecular complexity index is 489. The van der Waals surface area contributed by atoms with Crippen LogP contribution in [0.2, 0.25) is 0 Å². The van der Waals surface area contributed by atoms with E-state index < -0.39 is 0 Å². The molecule has 1 aromatic rings. The highest BCUT2D eigenvalue weighted by atomic mass is 35.5. The van der Waals surface area contributed by atoms with E-state index in [0.29, 0.717) is 19.2 Å². The fraction of sp³-hybridized carbons (Fsp3) is 0.647. The Labute approximate surface area is 144 Å². The molecule has 130 valence electrons. The number of hydrogen-bond donors (Lipinski definition) is 1. The third-order valence-electron chi connectivity index (χ3n) is 4.24. The van der Waals surface area contributed by atoms with E-state index >= 15 is 0 Å². The van der Waals surface area contributed by atoms with Crippen LogP contribution in [-0.2, 0) is 6.54 Å². The summed E-state index contributed by atoms with van der Waals surface area (Å²) >= 11 is 0. The zero-order valence-electron chi connectivity index (χ0n) is 13.7. The number of non-ortho nitro benzene ring substituents is 1. The summed E-state index contributed by atoms with van der Waals surface area (Å²) in [5, 5.41) is 14.5. The number of nitrogens with zero attached hydrogens (tertiary/aromatic N) is 1. The van der Waals surface area contributed by atoms with Crippen LogP contribution < -0.4 is 22.5 Å². The van der Waals surface area contributed by atoms with Gasteiger partial charge in [0.2, 0.25) is 0 Å². The van der Waals surface area contributed by atoms with Gasteiger partial charge in [-0.2, -0.15) is 0 Å². The van der Waals surface area contributed by atoms with Crippen molar-refractivity contribution < 1.29 is 22.1 Å². The van der Waals surface area contributed by atoms with Crippen molar-refractivity contribution in [3.8, 4) is 5.75 Å². The van der Waals surface area contributed by atoms with Crippen molar-refractivity contribution in [2.24, 2.45) is 0 Å². The van der Waals surface area contributed by atoms with Crippen molar-refractivity contribution >= 4 is 5.69 Å². The normalized spacial score (nSPS) is 16.0. The van der Waals surface area contributed by atoms with Crippen LogP contribution in [0.5, 0.6) is 5.75 Å². The van der Waals surface area contributed by atoms with Crippen LogP contribution >= 0.6 is 0 Å². The first kappa shape index (κ1) is 19.7. The minimum Gasteiger partial charge on any atom is -1.00 e. The number of nitro groups is 1. The Balaban J connectivity index is 0.00000264. The van der Waals surface area contributed by atoms with Gasteiger partial charge in [0, 0.05) is 30.3 Å². The summed E-state index contributed by atoms with van der Waals surface area (Å²) in [7, 11) is 0. The van der Waals surface area contributed by atoms with Crippen molar-refractivity contribution in [2.75, 3.05) is 6.61 Å². The van der Waals surface area contributed by atoms with Gasteiger partial charge in [-0.05, 0) is 25.8 Å². The summed E-state index contributed by atoms with van der Waals surface area (Å²) in [6, 6.07) is 5.34. The Morgan fingerprint density at radius 2 is 1.87 bits per heavy atom. The second-order valence-electron chi connectivity index (χ2n) is 5.91. The van der Waals surface area contributed by atoms with Crippen molar-refractivity contribution in [1.29, 1.82) is 0 Å². The maximum Gasteiger partial charge on any atom is 0.270 e. The molecule has 0 atom stereocenters. The molecular weight excluding hydrogens is 316 g/mol. The average Bonchev–Trinajstić information content (AvgIpc) is 2.47. The van der Waals surface area contributed by atoms with Gasteiger partial charge in [-0.1, -0.05) is 32.1 Å². The van der Waals surface area contributed by atoms with E-state index in [1.165, 1.54) is 51.0 Å². The summed E-state index contributed by atoms with van der Waals surface area (Å²) in [5.41, 5.74) is 0.996. The molecule has 0 aliphatic heterocycles. The van der Waals surface area contributed by atoms with Gasteiger partial charge in [0.05, 0.1) is 11.5 Å². The molecule has 2 rings (SSSR count). The largest absolute Gasteiger partial charge is 1.00 e. The summed E-state index contributed by atoms with van der Waals surface area (Å²) in [4.78, 5) is 10.6. The lowest BCUT2D eigenvalue weighted by molar-refractivity contribution is -0.384. The first-order chi connectivity index (χ1) is 10.7. The third kappa shape index (κ3) is 6.36. The predicted molar refractivity (Wildman–Crippen MR) is 87.2 cm³/mol. The third-order valence-corrected chi connectivity index (χ3v) is 4.24. The van der Waals surface area contributed by atoms with Crippen LogP contribution in [0.15, 0.2) is 18.2 Å². The number of benzene rings is 1. The minimum atomic E-state index is -0.352. The molecule has 1 saturated carbocycles. The van der Waals surface area contributed by atoms with Crippen LogP contribution in [0.1, 0.15) is 57.4 Å². The summed E-state index contributed by atoms with van der Waals surface area (Å²) in [5.74, 6) is 0.742. The molecule has 1 N–H and O–H groups in total. The highest BCUT2D eigenvalue weighted by Gasteiger charge is 2.15. The zero-order valence-corrected chi connectivity index (χ0v) is 14.5. The number of nitro benzene ring substituents is 1. The van der Waals surface area contributed by atoms with E-state index in [-0.39, 0.29) is 23.0 Å². The second kappa shape index (κ2) is 10.4. The van der Waals surface area contributed by atoms with Crippen molar-refractivity contribution in [1.82, 2.24) is 5.32 Å². The van der Waals surface area contributed by atoms with Gasteiger partial charge in [0.1, 0.15) is 5.75 Å². The van der Waals surface area contributed by atoms with Gasteiger partial charge in [0.15, 0.2) is 0 Å². The molecule has 0 bridgehead atoms. The van der Waals surface area contributed by atoms with Gasteiger partial charge in [-0.3, -0.25) is 10.1 Å². The summed E-state index contributed by atoms with van der Waals surface area (Å²) in [6.07, 6.45) is 8.91. The van der Waals surface area contributed by atoms with E-state index in [2.05, 4.69) is 5.32 Å². The number of nitrogens with one attached hydrogen (secondary N) is 1. The van der Waals surface area contributed by atoms with Gasteiger partial charge < -0.3 is 22.5 Å². The number of rotatable bonds is 6. The van der Waals surface area contributed by atoms with Gasteiger partial charge in [-0.15, -0.1) is 0 Å². The van der Waals surface area contributed by atoms with Crippen molar-refractivity contribution in [3.05, 3.63) is 33.9 Å². The fourth-order valence-corrected chi connectivity index (χ4v) is 3.03. The highest BCUT2D eigenvalue weighted by Crippen LogP contribution is 2.25. The molecule has 23 heavy (non-hydrogen) atoms. The van der Waals surface area contributed by atoms with Gasteiger partial charge >= 0.3 is 0 Å². The molecule has 0 radical (unpaired) electrons. The van der Waals surface area contributed by atoms with E-state index in [4.69, 9.17) is 4.74 Å². The smallest absolute Gasteiger partial charge is 0.270 e. The van der Waals surface area contributed by atoms with E-state index in [1.54, 1.807) is 12.1 Å². The van der Waals surface area contributed by atoms with Crippen LogP contribution in [-0.4, -0.2) is 17.6 Å². The molecule has 0 spiro atoms. The maximum atomic E-state index is 11.0. The van der Waals surface area contributed by atoms with E-state index in [1.807, 2.05) is 6.92 Å². The molecular formula is C17H26ClN2O3-. The number of halogens is 1. The second-order valence-corrected chi connectivity index (χ2v) is 5.91. The Kier molecular flexibility index (Phi) is 8.95. The predicted octanol–water partition coefficient (Wildman–Crippen LogP) is 1.20. The molecule has 0 heterocycles. The lowest BCUT2D eigenvalue weighted by Gasteiger charge is -2.21. The van der Waals surface area contributed by atoms with Crippen LogP contribution in [0.25, 0.3) is 0 Å². The van der Waals surface area contributed by atoms with E-state index in [9.17, 15) is 10.1 Å². The minimum absolute atomic E-state index is 0. The molecule has 6 heteroatoms. The molecule has 1 aromatic carbocycles. The van der Waals surface area contributed by atoms with E-state index in [0.717, 1.165) is 11.3 Å². The SMILES string of the molecule is CCOc1ccc([N+](=O)[O-])cc1CNC1CCCCCCC1.[Cl-]. The average molecular weight is 342 g/mol. The quantitative estimate of drug-likeness (QED) is 0.624. The molecule has 1 aliphatic carbocycles. The Morgan fingerprint density at radius 3 is 2.48 bits per heavy atom. The summed E-state index contributed by atoms with van der Waals surface area (Å²) < 4.78 is 5.59. The molecule has 0 saturated heterocycles. The van der Waals surface area contributed by atoms with Gasteiger partial charge in [-0.25, -0.2) is 0 Å². The lowest BCUT2D eigenvalue weighted by atomic mass is 9.96. The first-order valence-electron chi connectivity index (χ1n) is 8.34. The molecule has 0 unspecified atom stereocenters. The van der Waals surface area contributed by atoms with Crippen molar-refractivity contribution in [3.63, 3.8) is 0 Å². The Hall–Kier alpha value is -1.33. The molecule has 5 nitrogen and oxygen atoms in total. The first-order valence-corrected chi connectivity index (χ1v) is 8.34. The monoisotopic (exact) mass is 341 g/mol. The fourth-order valence-electron chi connectivity index (χ4n) is 3.03. The highest BCUT2D eigenvalue weighted by molar-refractivity contribution is 5.43. The zero-order chi connectivity index (χ0) is 15.8. The molecule has 1 fully saturated rings. The lowest BCUT2D eigenvalue weighted by Crippen LogP contribution is -3.00. The number of ether oxygens (including phenoxy) is 1. The van der Waals surface area contributed by atoms with Crippen molar-refractivity contribution in [2.45, 2.75) is 64.5 Å².